The Kier molecular flexibility index (Phi) is 3.76. The summed E-state index contributed by atoms with van der Waals surface area (Å²) in [5.74, 6) is 2.13. The monoisotopic (exact) mass is 278 g/mol. The molecule has 0 spiro atoms. The first-order valence-corrected chi connectivity index (χ1v) is 7.41. The number of para-hydroxylation sites is 1. The van der Waals surface area contributed by atoms with E-state index >= 15 is 0 Å². The Morgan fingerprint density at radius 1 is 1.47 bits per heavy atom. The highest BCUT2D eigenvalue weighted by atomic mass is 35.5. The molecule has 1 atom stereocenters. The summed E-state index contributed by atoms with van der Waals surface area (Å²) in [7, 11) is 0. The molecule has 102 valence electrons. The Labute approximate surface area is 118 Å². The fraction of sp³-hybridized carbons (Fsp3) is 0.533. The summed E-state index contributed by atoms with van der Waals surface area (Å²) in [6.45, 7) is 4.90. The van der Waals surface area contributed by atoms with E-state index in [2.05, 4.69) is 34.7 Å². The van der Waals surface area contributed by atoms with Crippen LogP contribution >= 0.6 is 11.6 Å². The number of rotatable bonds is 4. The average Bonchev–Trinajstić information content (AvgIpc) is 3.03. The Bertz CT molecular complexity index is 573. The van der Waals surface area contributed by atoms with Crippen molar-refractivity contribution in [3.05, 3.63) is 29.6 Å². The first kappa shape index (κ1) is 12.9. The fourth-order valence-corrected chi connectivity index (χ4v) is 3.01. The van der Waals surface area contributed by atoms with Gasteiger partial charge in [0.25, 0.3) is 0 Å². The van der Waals surface area contributed by atoms with Gasteiger partial charge in [-0.3, -0.25) is 0 Å². The molecular weight excluding hydrogens is 260 g/mol. The molecule has 2 heterocycles. The minimum absolute atomic E-state index is 0.468. The number of fused-ring (bicyclic) bond motifs is 1. The third kappa shape index (κ3) is 2.49. The van der Waals surface area contributed by atoms with Crippen molar-refractivity contribution in [1.82, 2.24) is 9.55 Å². The van der Waals surface area contributed by atoms with Gasteiger partial charge in [-0.25, -0.2) is 4.98 Å². The van der Waals surface area contributed by atoms with Gasteiger partial charge in [0, 0.05) is 19.8 Å². The summed E-state index contributed by atoms with van der Waals surface area (Å²) >= 11 is 6.04. The zero-order chi connectivity index (χ0) is 13.2. The summed E-state index contributed by atoms with van der Waals surface area (Å²) in [6, 6.07) is 6.32. The largest absolute Gasteiger partial charge is 0.381 e. The molecule has 3 rings (SSSR count). The Morgan fingerprint density at radius 2 is 2.37 bits per heavy atom. The minimum Gasteiger partial charge on any atom is -0.381 e. The molecule has 0 N–H and O–H groups in total. The number of benzene rings is 1. The van der Waals surface area contributed by atoms with E-state index in [9.17, 15) is 0 Å². The van der Waals surface area contributed by atoms with Gasteiger partial charge in [-0.1, -0.05) is 12.1 Å². The van der Waals surface area contributed by atoms with Crippen LogP contribution in [0, 0.1) is 12.8 Å². The summed E-state index contributed by atoms with van der Waals surface area (Å²) in [5, 5.41) is 0. The highest BCUT2D eigenvalue weighted by molar-refractivity contribution is 6.16. The Balaban J connectivity index is 1.89. The molecule has 0 radical (unpaired) electrons. The number of hydrogen-bond donors (Lipinski definition) is 0. The van der Waals surface area contributed by atoms with E-state index in [-0.39, 0.29) is 0 Å². The Morgan fingerprint density at radius 3 is 3.11 bits per heavy atom. The van der Waals surface area contributed by atoms with E-state index in [1.807, 2.05) is 0 Å². The van der Waals surface area contributed by atoms with Gasteiger partial charge in [0.1, 0.15) is 5.82 Å². The second-order valence-corrected chi connectivity index (χ2v) is 5.54. The standard InChI is InChI=1S/C15H19ClN2O/c1-11-3-2-4-13-15(11)17-14(9-16)18(13)7-5-12-6-8-19-10-12/h2-4,12H,5-10H2,1H3. The maximum absolute atomic E-state index is 6.04. The molecule has 1 aliphatic heterocycles. The molecule has 0 amide bonds. The number of hydrogen-bond acceptors (Lipinski definition) is 2. The minimum atomic E-state index is 0.468. The quantitative estimate of drug-likeness (QED) is 0.800. The fourth-order valence-electron chi connectivity index (χ4n) is 2.81. The molecule has 1 aromatic heterocycles. The highest BCUT2D eigenvalue weighted by Crippen LogP contribution is 2.23. The van der Waals surface area contributed by atoms with Crippen molar-refractivity contribution >= 4 is 22.6 Å². The van der Waals surface area contributed by atoms with Gasteiger partial charge < -0.3 is 9.30 Å². The number of aromatic nitrogens is 2. The van der Waals surface area contributed by atoms with Gasteiger partial charge in [0.15, 0.2) is 0 Å². The van der Waals surface area contributed by atoms with Crippen molar-refractivity contribution in [3.63, 3.8) is 0 Å². The van der Waals surface area contributed by atoms with Crippen LogP contribution in [0.15, 0.2) is 18.2 Å². The van der Waals surface area contributed by atoms with E-state index in [1.54, 1.807) is 0 Å². The van der Waals surface area contributed by atoms with Crippen LogP contribution in [-0.4, -0.2) is 22.8 Å². The second kappa shape index (κ2) is 5.51. The summed E-state index contributed by atoms with van der Waals surface area (Å²) in [5.41, 5.74) is 3.50. The molecule has 1 fully saturated rings. The van der Waals surface area contributed by atoms with Gasteiger partial charge in [0.2, 0.25) is 0 Å². The predicted octanol–water partition coefficient (Wildman–Crippen LogP) is 3.51. The summed E-state index contributed by atoms with van der Waals surface area (Å²) in [4.78, 5) is 4.68. The van der Waals surface area contributed by atoms with Crippen LogP contribution in [0.3, 0.4) is 0 Å². The van der Waals surface area contributed by atoms with Crippen molar-refractivity contribution in [2.75, 3.05) is 13.2 Å². The van der Waals surface area contributed by atoms with Gasteiger partial charge in [-0.15, -0.1) is 11.6 Å². The molecule has 19 heavy (non-hydrogen) atoms. The van der Waals surface area contributed by atoms with E-state index in [0.29, 0.717) is 11.8 Å². The number of aryl methyl sites for hydroxylation is 2. The summed E-state index contributed by atoms with van der Waals surface area (Å²) in [6.07, 6.45) is 2.32. The van der Waals surface area contributed by atoms with Crippen LogP contribution in [-0.2, 0) is 17.2 Å². The van der Waals surface area contributed by atoms with Gasteiger partial charge in [-0.2, -0.15) is 0 Å². The van der Waals surface area contributed by atoms with Gasteiger partial charge in [-0.05, 0) is 37.3 Å². The Hall–Kier alpha value is -1.06. The van der Waals surface area contributed by atoms with Crippen LogP contribution in [0.4, 0.5) is 0 Å². The molecule has 4 heteroatoms. The van der Waals surface area contributed by atoms with Gasteiger partial charge in [0.05, 0.1) is 16.9 Å². The highest BCUT2D eigenvalue weighted by Gasteiger charge is 2.17. The zero-order valence-corrected chi connectivity index (χ0v) is 12.0. The number of alkyl halides is 1. The SMILES string of the molecule is Cc1cccc2c1nc(CCl)n2CCC1CCOC1. The molecular formula is C15H19ClN2O. The van der Waals surface area contributed by atoms with Crippen LogP contribution in [0.1, 0.15) is 24.2 Å². The molecule has 1 aliphatic rings. The van der Waals surface area contributed by atoms with Crippen molar-refractivity contribution in [2.45, 2.75) is 32.2 Å². The first-order valence-electron chi connectivity index (χ1n) is 6.88. The van der Waals surface area contributed by atoms with E-state index in [4.69, 9.17) is 16.3 Å². The lowest BCUT2D eigenvalue weighted by atomic mass is 10.1. The van der Waals surface area contributed by atoms with Crippen LogP contribution in [0.2, 0.25) is 0 Å². The molecule has 0 saturated carbocycles. The van der Waals surface area contributed by atoms with Crippen LogP contribution < -0.4 is 0 Å². The molecule has 1 aromatic carbocycles. The molecule has 0 bridgehead atoms. The van der Waals surface area contributed by atoms with Crippen molar-refractivity contribution in [2.24, 2.45) is 5.92 Å². The van der Waals surface area contributed by atoms with E-state index < -0.39 is 0 Å². The average molecular weight is 279 g/mol. The van der Waals surface area contributed by atoms with Crippen molar-refractivity contribution in [3.8, 4) is 0 Å². The zero-order valence-electron chi connectivity index (χ0n) is 11.2. The molecule has 1 saturated heterocycles. The predicted molar refractivity (Wildman–Crippen MR) is 77.6 cm³/mol. The van der Waals surface area contributed by atoms with Crippen LogP contribution in [0.25, 0.3) is 11.0 Å². The van der Waals surface area contributed by atoms with E-state index in [0.717, 1.165) is 37.5 Å². The lowest BCUT2D eigenvalue weighted by molar-refractivity contribution is 0.183. The van der Waals surface area contributed by atoms with E-state index in [1.165, 1.54) is 17.5 Å². The smallest absolute Gasteiger partial charge is 0.124 e. The molecule has 1 unspecified atom stereocenters. The van der Waals surface area contributed by atoms with Crippen molar-refractivity contribution < 1.29 is 4.74 Å². The third-order valence-corrected chi connectivity index (χ3v) is 4.20. The third-order valence-electron chi connectivity index (χ3n) is 3.96. The second-order valence-electron chi connectivity index (χ2n) is 5.27. The lowest BCUT2D eigenvalue weighted by Crippen LogP contribution is -2.08. The number of ether oxygens (including phenoxy) is 1. The molecule has 3 nitrogen and oxygen atoms in total. The van der Waals surface area contributed by atoms with Crippen molar-refractivity contribution in [1.29, 1.82) is 0 Å². The molecule has 2 aromatic rings. The summed E-state index contributed by atoms with van der Waals surface area (Å²) < 4.78 is 7.71. The van der Waals surface area contributed by atoms with Gasteiger partial charge >= 0.3 is 0 Å². The number of imidazole rings is 1. The number of halogens is 1. The number of nitrogens with zero attached hydrogens (tertiary/aromatic N) is 2. The van der Waals surface area contributed by atoms with Crippen LogP contribution in [0.5, 0.6) is 0 Å². The lowest BCUT2D eigenvalue weighted by Gasteiger charge is -2.11. The normalized spacial score (nSPS) is 19.4. The molecule has 0 aliphatic carbocycles. The maximum atomic E-state index is 6.04. The topological polar surface area (TPSA) is 27.1 Å². The first-order chi connectivity index (χ1) is 9.29. The maximum Gasteiger partial charge on any atom is 0.124 e.